The predicted octanol–water partition coefficient (Wildman–Crippen LogP) is 16.9. The number of hydrogen-bond donors (Lipinski definition) is 0. The Labute approximate surface area is 357 Å². The zero-order chi connectivity index (χ0) is 41.8. The molecule has 10 aromatic carbocycles. The first-order chi connectivity index (χ1) is 31.0. The van der Waals surface area contributed by atoms with Gasteiger partial charge in [0.25, 0.3) is 0 Å². The fourth-order valence-electron chi connectivity index (χ4n) is 9.37. The first kappa shape index (κ1) is 35.3. The van der Waals surface area contributed by atoms with Crippen LogP contribution in [0.4, 0.5) is 42.9 Å². The van der Waals surface area contributed by atoms with Crippen molar-refractivity contribution in [3.63, 3.8) is 0 Å². The minimum absolute atomic E-state index is 0.306. The molecular weight excluding hydrogens is 787 g/mol. The Balaban J connectivity index is 0.969. The zero-order valence-corrected chi connectivity index (χ0v) is 33.4. The van der Waals surface area contributed by atoms with Crippen molar-refractivity contribution in [1.29, 1.82) is 0 Å². The minimum Gasteiger partial charge on any atom is -0.456 e. The number of hydrogen-bond acceptors (Lipinski definition) is 5. The Morgan fingerprint density at radius 2 is 0.698 bits per heavy atom. The van der Waals surface area contributed by atoms with E-state index in [1.54, 1.807) is 24.3 Å². The van der Waals surface area contributed by atoms with Crippen molar-refractivity contribution in [3.8, 4) is 0 Å². The molecule has 5 nitrogen and oxygen atoms in total. The average Bonchev–Trinajstić information content (AvgIpc) is 4.00. The lowest BCUT2D eigenvalue weighted by Crippen LogP contribution is -2.10. The number of anilines is 6. The van der Waals surface area contributed by atoms with Gasteiger partial charge in [0.15, 0.2) is 11.2 Å². The number of furan rings is 3. The fraction of sp³-hybridized carbons (Fsp3) is 0. The van der Waals surface area contributed by atoms with Crippen LogP contribution in [-0.4, -0.2) is 0 Å². The molecule has 0 N–H and O–H groups in total. The highest BCUT2D eigenvalue weighted by atomic mass is 19.1. The smallest absolute Gasteiger partial charge is 0.159 e. The van der Waals surface area contributed by atoms with Crippen LogP contribution in [0.25, 0.3) is 87.4 Å². The summed E-state index contributed by atoms with van der Waals surface area (Å²) in [4.78, 5) is 4.24. The highest BCUT2D eigenvalue weighted by Gasteiger charge is 2.22. The topological polar surface area (TPSA) is 45.9 Å². The predicted molar refractivity (Wildman–Crippen MR) is 253 cm³/mol. The molecular formula is C56H32F2N2O3. The average molecular weight is 819 g/mol. The largest absolute Gasteiger partial charge is 0.456 e. The third-order valence-electron chi connectivity index (χ3n) is 12.3. The third kappa shape index (κ3) is 5.60. The third-order valence-corrected chi connectivity index (χ3v) is 12.3. The van der Waals surface area contributed by atoms with E-state index in [4.69, 9.17) is 13.3 Å². The standard InChI is InChI=1S/C56H32F2N2O3/c57-37-17-23-39(24-18-37)59(49-11-5-9-45-43-7-1-3-13-51(43)62-55(45)49)41-21-15-33-31-53-47(29-35(33)27-41)48-30-36-28-42(22-16-34(36)32-54(48)61-53)60(40-25-19-38(58)20-26-40)50-12-6-10-46-44-8-2-4-14-52(44)63-56(46)50/h1-32H. The van der Waals surface area contributed by atoms with E-state index in [1.807, 2.05) is 60.7 Å². The van der Waals surface area contributed by atoms with Crippen LogP contribution < -0.4 is 9.80 Å². The van der Waals surface area contributed by atoms with E-state index < -0.39 is 0 Å². The van der Waals surface area contributed by atoms with Crippen molar-refractivity contribution in [2.24, 2.45) is 0 Å². The summed E-state index contributed by atoms with van der Waals surface area (Å²) in [6, 6.07) is 62.7. The second kappa shape index (κ2) is 13.5. The van der Waals surface area contributed by atoms with Crippen LogP contribution in [0.2, 0.25) is 0 Å². The van der Waals surface area contributed by atoms with Gasteiger partial charge in [0.05, 0.1) is 11.4 Å². The van der Waals surface area contributed by atoms with Crippen molar-refractivity contribution in [1.82, 2.24) is 0 Å². The van der Waals surface area contributed by atoms with Crippen LogP contribution in [0.5, 0.6) is 0 Å². The summed E-state index contributed by atoms with van der Waals surface area (Å²) in [6.07, 6.45) is 0. The van der Waals surface area contributed by atoms with Gasteiger partial charge < -0.3 is 23.1 Å². The van der Waals surface area contributed by atoms with Crippen LogP contribution in [0.1, 0.15) is 0 Å². The van der Waals surface area contributed by atoms with Gasteiger partial charge in [-0.05, 0) is 143 Å². The van der Waals surface area contributed by atoms with Gasteiger partial charge >= 0.3 is 0 Å². The lowest BCUT2D eigenvalue weighted by atomic mass is 10.0. The maximum absolute atomic E-state index is 14.4. The molecule has 0 aliphatic heterocycles. The lowest BCUT2D eigenvalue weighted by molar-refractivity contribution is 0.627. The molecule has 0 saturated heterocycles. The minimum atomic E-state index is -0.306. The molecule has 0 aliphatic carbocycles. The molecule has 63 heavy (non-hydrogen) atoms. The molecule has 3 heterocycles. The second-order valence-electron chi connectivity index (χ2n) is 16.0. The molecule has 0 aliphatic rings. The van der Waals surface area contributed by atoms with E-state index in [9.17, 15) is 8.78 Å². The van der Waals surface area contributed by atoms with Gasteiger partial charge in [0, 0.05) is 55.1 Å². The molecule has 0 atom stereocenters. The molecule has 0 amide bonds. The van der Waals surface area contributed by atoms with E-state index in [1.165, 1.54) is 24.3 Å². The molecule has 13 rings (SSSR count). The number of fused-ring (bicyclic) bond motifs is 11. The van der Waals surface area contributed by atoms with E-state index >= 15 is 0 Å². The SMILES string of the molecule is Fc1ccc(N(c2ccc3cc4oc5cc6ccc(N(c7ccc(F)cc7)c7cccc8c7oc7ccccc78)cc6cc5c4cc3c2)c2cccc3c2oc2ccccc23)cc1. The van der Waals surface area contributed by atoms with Gasteiger partial charge in [0.2, 0.25) is 0 Å². The van der Waals surface area contributed by atoms with Gasteiger partial charge in [-0.15, -0.1) is 0 Å². The summed E-state index contributed by atoms with van der Waals surface area (Å²) in [5.74, 6) is -0.612. The molecule has 0 saturated carbocycles. The number of nitrogens with zero attached hydrogens (tertiary/aromatic N) is 2. The highest BCUT2D eigenvalue weighted by molar-refractivity contribution is 6.15. The van der Waals surface area contributed by atoms with Gasteiger partial charge in [-0.1, -0.05) is 72.8 Å². The molecule has 0 bridgehead atoms. The van der Waals surface area contributed by atoms with Crippen molar-refractivity contribution in [2.75, 3.05) is 9.80 Å². The van der Waals surface area contributed by atoms with Gasteiger partial charge in [-0.3, -0.25) is 0 Å². The molecule has 0 fully saturated rings. The van der Waals surface area contributed by atoms with Crippen molar-refractivity contribution in [2.45, 2.75) is 0 Å². The van der Waals surface area contributed by atoms with Crippen LogP contribution >= 0.6 is 0 Å². The Kier molecular flexibility index (Phi) is 7.60. The molecule has 7 heteroatoms. The van der Waals surface area contributed by atoms with Gasteiger partial charge in [-0.25, -0.2) is 8.78 Å². The second-order valence-corrected chi connectivity index (χ2v) is 16.0. The molecule has 13 aromatic rings. The number of benzene rings is 10. The summed E-state index contributed by atoms with van der Waals surface area (Å²) in [5.41, 5.74) is 9.75. The van der Waals surface area contributed by atoms with Crippen LogP contribution in [-0.2, 0) is 0 Å². The summed E-state index contributed by atoms with van der Waals surface area (Å²) < 4.78 is 48.3. The maximum Gasteiger partial charge on any atom is 0.159 e. The number of rotatable bonds is 6. The van der Waals surface area contributed by atoms with Gasteiger partial charge in [-0.2, -0.15) is 0 Å². The fourth-order valence-corrected chi connectivity index (χ4v) is 9.37. The zero-order valence-electron chi connectivity index (χ0n) is 33.4. The van der Waals surface area contributed by atoms with E-state index in [0.717, 1.165) is 121 Å². The molecule has 0 unspecified atom stereocenters. The molecule has 3 aromatic heterocycles. The first-order valence-corrected chi connectivity index (χ1v) is 20.8. The highest BCUT2D eigenvalue weighted by Crippen LogP contribution is 2.46. The Hall–Kier alpha value is -8.42. The molecule has 0 spiro atoms. The summed E-state index contributed by atoms with van der Waals surface area (Å²) in [6.45, 7) is 0. The van der Waals surface area contributed by atoms with Crippen LogP contribution in [0.3, 0.4) is 0 Å². The summed E-state index contributed by atoms with van der Waals surface area (Å²) in [7, 11) is 0. The van der Waals surface area contributed by atoms with E-state index in [2.05, 4.69) is 94.7 Å². The van der Waals surface area contributed by atoms with Crippen molar-refractivity contribution >= 4 is 121 Å². The maximum atomic E-state index is 14.4. The Morgan fingerprint density at radius 1 is 0.286 bits per heavy atom. The molecule has 0 radical (unpaired) electrons. The normalized spacial score (nSPS) is 12.0. The van der Waals surface area contributed by atoms with E-state index in [0.29, 0.717) is 0 Å². The van der Waals surface area contributed by atoms with Crippen LogP contribution in [0, 0.1) is 11.6 Å². The Morgan fingerprint density at radius 3 is 1.16 bits per heavy atom. The summed E-state index contributed by atoms with van der Waals surface area (Å²) in [5, 5.41) is 10.1. The number of halogens is 2. The number of para-hydroxylation sites is 4. The Bertz CT molecular complexity index is 3700. The summed E-state index contributed by atoms with van der Waals surface area (Å²) >= 11 is 0. The quantitative estimate of drug-likeness (QED) is 0.167. The first-order valence-electron chi connectivity index (χ1n) is 20.8. The van der Waals surface area contributed by atoms with Gasteiger partial charge in [0.1, 0.15) is 34.0 Å². The lowest BCUT2D eigenvalue weighted by Gasteiger charge is -2.26. The van der Waals surface area contributed by atoms with Crippen molar-refractivity contribution < 1.29 is 22.0 Å². The molecule has 298 valence electrons. The van der Waals surface area contributed by atoms with E-state index in [-0.39, 0.29) is 11.6 Å². The van der Waals surface area contributed by atoms with Crippen LogP contribution in [0.15, 0.2) is 207 Å². The monoisotopic (exact) mass is 818 g/mol. The van der Waals surface area contributed by atoms with Crippen molar-refractivity contribution in [3.05, 3.63) is 206 Å².